The number of amides is 2. The molecule has 0 spiro atoms. The molecule has 2 amide bonds. The number of aryl methyl sites for hydroxylation is 2. The molecule has 0 bridgehead atoms. The van der Waals surface area contributed by atoms with Crippen molar-refractivity contribution in [1.29, 1.82) is 0 Å². The van der Waals surface area contributed by atoms with Crippen molar-refractivity contribution in [3.63, 3.8) is 0 Å². The molecule has 0 aliphatic heterocycles. The highest BCUT2D eigenvalue weighted by atomic mass is 35.5. The van der Waals surface area contributed by atoms with E-state index in [0.717, 1.165) is 22.4 Å². The van der Waals surface area contributed by atoms with Crippen molar-refractivity contribution in [1.82, 2.24) is 10.2 Å². The van der Waals surface area contributed by atoms with Gasteiger partial charge in [-0.1, -0.05) is 23.7 Å². The maximum absolute atomic E-state index is 13.0. The summed E-state index contributed by atoms with van der Waals surface area (Å²) in [5.74, 6) is 0.801. The fraction of sp³-hybridized carbons (Fsp3) is 0.391. The summed E-state index contributed by atoms with van der Waals surface area (Å²) in [7, 11) is 1.60. The lowest BCUT2D eigenvalue weighted by Gasteiger charge is -2.28. The van der Waals surface area contributed by atoms with Crippen LogP contribution in [0.3, 0.4) is 0 Å². The molecule has 1 atom stereocenters. The Labute approximate surface area is 183 Å². The van der Waals surface area contributed by atoms with Gasteiger partial charge in [0.1, 0.15) is 17.5 Å². The van der Waals surface area contributed by atoms with Crippen molar-refractivity contribution in [2.75, 3.05) is 20.3 Å². The maximum Gasteiger partial charge on any atom is 0.261 e. The number of hydrogen-bond donors (Lipinski definition) is 1. The van der Waals surface area contributed by atoms with Gasteiger partial charge in [-0.3, -0.25) is 9.59 Å². The van der Waals surface area contributed by atoms with E-state index < -0.39 is 6.04 Å². The minimum Gasteiger partial charge on any atom is -0.497 e. The number of rotatable bonds is 9. The Kier molecular flexibility index (Phi) is 8.54. The first-order valence-electron chi connectivity index (χ1n) is 9.86. The second-order valence-electron chi connectivity index (χ2n) is 7.10. The quantitative estimate of drug-likeness (QED) is 0.652. The number of ether oxygens (including phenoxy) is 2. The fourth-order valence-corrected chi connectivity index (χ4v) is 3.16. The molecule has 162 valence electrons. The molecular formula is C23H29ClN2O4. The number of hydrogen-bond acceptors (Lipinski definition) is 4. The molecule has 7 heteroatoms. The highest BCUT2D eigenvalue weighted by Gasteiger charge is 2.26. The van der Waals surface area contributed by atoms with Crippen LogP contribution in [0.5, 0.6) is 11.5 Å². The summed E-state index contributed by atoms with van der Waals surface area (Å²) in [6.45, 7) is 7.92. The van der Waals surface area contributed by atoms with E-state index in [2.05, 4.69) is 5.32 Å². The molecule has 0 aliphatic carbocycles. The number of halogens is 1. The van der Waals surface area contributed by atoms with Gasteiger partial charge in [-0.25, -0.2) is 0 Å². The Hall–Kier alpha value is -2.73. The van der Waals surface area contributed by atoms with Crippen LogP contribution in [-0.2, 0) is 16.1 Å². The SMILES string of the molecule is CCNC(=O)C(C)N(Cc1ccc(OC)cc1)C(=O)COc1cc(C)c(Cl)c(C)c1. The minimum absolute atomic E-state index is 0.180. The van der Waals surface area contributed by atoms with E-state index in [1.807, 2.05) is 45.0 Å². The topological polar surface area (TPSA) is 67.9 Å². The Bertz CT molecular complexity index is 860. The number of likely N-dealkylation sites (N-methyl/N-ethyl adjacent to an activating group) is 1. The zero-order chi connectivity index (χ0) is 22.3. The Morgan fingerprint density at radius 1 is 1.10 bits per heavy atom. The monoisotopic (exact) mass is 432 g/mol. The number of nitrogens with one attached hydrogen (secondary N) is 1. The normalized spacial score (nSPS) is 11.5. The highest BCUT2D eigenvalue weighted by Crippen LogP contribution is 2.26. The predicted octanol–water partition coefficient (Wildman–Crippen LogP) is 3.90. The number of carbonyl (C=O) groups is 2. The van der Waals surface area contributed by atoms with E-state index in [4.69, 9.17) is 21.1 Å². The van der Waals surface area contributed by atoms with E-state index in [9.17, 15) is 9.59 Å². The van der Waals surface area contributed by atoms with E-state index in [1.165, 1.54) is 4.90 Å². The zero-order valence-electron chi connectivity index (χ0n) is 18.1. The van der Waals surface area contributed by atoms with Crippen molar-refractivity contribution < 1.29 is 19.1 Å². The Morgan fingerprint density at radius 2 is 1.70 bits per heavy atom. The summed E-state index contributed by atoms with van der Waals surface area (Å²) in [5, 5.41) is 3.45. The summed E-state index contributed by atoms with van der Waals surface area (Å²) < 4.78 is 10.9. The van der Waals surface area contributed by atoms with Crippen molar-refractivity contribution >= 4 is 23.4 Å². The smallest absolute Gasteiger partial charge is 0.261 e. The van der Waals surface area contributed by atoms with Gasteiger partial charge >= 0.3 is 0 Å². The summed E-state index contributed by atoms with van der Waals surface area (Å²) >= 11 is 6.20. The van der Waals surface area contributed by atoms with Gasteiger partial charge in [-0.2, -0.15) is 0 Å². The number of nitrogens with zero attached hydrogens (tertiary/aromatic N) is 1. The van der Waals surface area contributed by atoms with Crippen LogP contribution < -0.4 is 14.8 Å². The molecule has 0 saturated heterocycles. The number of benzene rings is 2. The average Bonchev–Trinajstić information content (AvgIpc) is 2.74. The van der Waals surface area contributed by atoms with E-state index >= 15 is 0 Å². The summed E-state index contributed by atoms with van der Waals surface area (Å²) in [6, 6.07) is 10.3. The van der Waals surface area contributed by atoms with E-state index in [1.54, 1.807) is 26.2 Å². The molecule has 1 N–H and O–H groups in total. The van der Waals surface area contributed by atoms with Gasteiger partial charge in [0.05, 0.1) is 7.11 Å². The van der Waals surface area contributed by atoms with Gasteiger partial charge in [0.25, 0.3) is 5.91 Å². The molecule has 0 aromatic heterocycles. The van der Waals surface area contributed by atoms with Gasteiger partial charge in [-0.15, -0.1) is 0 Å². The van der Waals surface area contributed by atoms with E-state index in [0.29, 0.717) is 17.3 Å². The second-order valence-corrected chi connectivity index (χ2v) is 7.48. The third-order valence-corrected chi connectivity index (χ3v) is 5.40. The fourth-order valence-electron chi connectivity index (χ4n) is 3.05. The van der Waals surface area contributed by atoms with Gasteiger partial charge < -0.3 is 19.7 Å². The summed E-state index contributed by atoms with van der Waals surface area (Å²) in [4.78, 5) is 26.9. The van der Waals surface area contributed by atoms with Crippen molar-refractivity contribution in [3.8, 4) is 11.5 Å². The largest absolute Gasteiger partial charge is 0.497 e. The molecule has 0 radical (unpaired) electrons. The molecule has 1 unspecified atom stereocenters. The Morgan fingerprint density at radius 3 is 2.23 bits per heavy atom. The van der Waals surface area contributed by atoms with Crippen LogP contribution in [0.4, 0.5) is 0 Å². The first kappa shape index (κ1) is 23.5. The first-order valence-corrected chi connectivity index (χ1v) is 10.2. The first-order chi connectivity index (χ1) is 14.3. The Balaban J connectivity index is 2.17. The van der Waals surface area contributed by atoms with Gasteiger partial charge in [0, 0.05) is 18.1 Å². The third-order valence-electron chi connectivity index (χ3n) is 4.80. The maximum atomic E-state index is 13.0. The van der Waals surface area contributed by atoms with Crippen molar-refractivity contribution in [2.45, 2.75) is 40.3 Å². The number of methoxy groups -OCH3 is 1. The van der Waals surface area contributed by atoms with Crippen LogP contribution in [-0.4, -0.2) is 43.0 Å². The van der Waals surface area contributed by atoms with Crippen LogP contribution in [0.2, 0.25) is 5.02 Å². The zero-order valence-corrected chi connectivity index (χ0v) is 18.9. The van der Waals surface area contributed by atoms with E-state index in [-0.39, 0.29) is 25.0 Å². The van der Waals surface area contributed by atoms with Crippen LogP contribution in [0.1, 0.15) is 30.5 Å². The minimum atomic E-state index is -0.642. The predicted molar refractivity (Wildman–Crippen MR) is 118 cm³/mol. The molecule has 2 aromatic rings. The lowest BCUT2D eigenvalue weighted by atomic mass is 10.1. The molecule has 6 nitrogen and oxygen atoms in total. The third kappa shape index (κ3) is 6.13. The van der Waals surface area contributed by atoms with Gasteiger partial charge in [0.15, 0.2) is 6.61 Å². The summed E-state index contributed by atoms with van der Waals surface area (Å²) in [5.41, 5.74) is 2.65. The van der Waals surface area contributed by atoms with Crippen LogP contribution in [0.15, 0.2) is 36.4 Å². The van der Waals surface area contributed by atoms with Crippen LogP contribution in [0, 0.1) is 13.8 Å². The van der Waals surface area contributed by atoms with Gasteiger partial charge in [0.2, 0.25) is 5.91 Å². The molecule has 0 saturated carbocycles. The molecule has 30 heavy (non-hydrogen) atoms. The van der Waals surface area contributed by atoms with Gasteiger partial charge in [-0.05, 0) is 68.7 Å². The molecular weight excluding hydrogens is 404 g/mol. The highest BCUT2D eigenvalue weighted by molar-refractivity contribution is 6.32. The molecule has 0 heterocycles. The molecule has 0 aliphatic rings. The lowest BCUT2D eigenvalue weighted by molar-refractivity contribution is -0.142. The standard InChI is InChI=1S/C23H29ClN2O4/c1-6-25-23(28)17(4)26(13-18-7-9-19(29-5)10-8-18)21(27)14-30-20-11-15(2)22(24)16(3)12-20/h7-12,17H,6,13-14H2,1-5H3,(H,25,28). The van der Waals surface area contributed by atoms with Crippen molar-refractivity contribution in [2.24, 2.45) is 0 Å². The number of carbonyl (C=O) groups excluding carboxylic acids is 2. The second kappa shape index (κ2) is 10.9. The summed E-state index contributed by atoms with van der Waals surface area (Å²) in [6.07, 6.45) is 0. The molecule has 2 rings (SSSR count). The molecule has 0 fully saturated rings. The average molecular weight is 433 g/mol. The van der Waals surface area contributed by atoms with Crippen LogP contribution >= 0.6 is 11.6 Å². The van der Waals surface area contributed by atoms with Crippen LogP contribution in [0.25, 0.3) is 0 Å². The van der Waals surface area contributed by atoms with Crippen molar-refractivity contribution in [3.05, 3.63) is 58.1 Å². The molecule has 2 aromatic carbocycles. The lowest BCUT2D eigenvalue weighted by Crippen LogP contribution is -2.49.